The number of thioether (sulfide) groups is 1. The van der Waals surface area contributed by atoms with Crippen LogP contribution in [0.4, 0.5) is 8.78 Å². The molecular weight excluding hydrogens is 270 g/mol. The molecule has 0 unspecified atom stereocenters. The second-order valence-corrected chi connectivity index (χ2v) is 4.44. The summed E-state index contributed by atoms with van der Waals surface area (Å²) in [6.07, 6.45) is 0. The van der Waals surface area contributed by atoms with E-state index in [1.54, 1.807) is 0 Å². The van der Waals surface area contributed by atoms with Crippen LogP contribution in [0.1, 0.15) is 0 Å². The maximum Gasteiger partial charge on any atom is 0.393 e. The first-order chi connectivity index (χ1) is 8.44. The average molecular weight is 278 g/mol. The van der Waals surface area contributed by atoms with Gasteiger partial charge in [-0.1, -0.05) is 0 Å². The summed E-state index contributed by atoms with van der Waals surface area (Å²) in [6, 6.07) is 2.33. The van der Waals surface area contributed by atoms with Gasteiger partial charge < -0.3 is 19.3 Å². The SMILES string of the molecule is COC(=O)C(F)(F)Sc1cc2c(cc1O)OCO2. The molecule has 0 spiro atoms. The number of ether oxygens (including phenoxy) is 3. The zero-order valence-corrected chi connectivity index (χ0v) is 9.92. The highest BCUT2D eigenvalue weighted by Gasteiger charge is 2.42. The molecule has 1 N–H and O–H groups in total. The van der Waals surface area contributed by atoms with Crippen LogP contribution in [-0.2, 0) is 9.53 Å². The number of methoxy groups -OCH3 is 1. The zero-order valence-electron chi connectivity index (χ0n) is 9.11. The topological polar surface area (TPSA) is 65.0 Å². The molecule has 0 aromatic heterocycles. The van der Waals surface area contributed by atoms with E-state index in [0.717, 1.165) is 13.2 Å². The number of rotatable bonds is 3. The fourth-order valence-corrected chi connectivity index (χ4v) is 2.07. The number of aromatic hydroxyl groups is 1. The Labute approximate surface area is 105 Å². The lowest BCUT2D eigenvalue weighted by Crippen LogP contribution is -2.25. The third-order valence-electron chi connectivity index (χ3n) is 2.12. The van der Waals surface area contributed by atoms with Crippen LogP contribution >= 0.6 is 11.8 Å². The van der Waals surface area contributed by atoms with E-state index in [1.807, 2.05) is 0 Å². The minimum Gasteiger partial charge on any atom is -0.507 e. The standard InChI is InChI=1S/C10H8F2O5S/c1-15-9(14)10(11,12)18-8-3-7-6(2-5(8)13)16-4-17-7/h2-3,13H,4H2,1H3. The van der Waals surface area contributed by atoms with Crippen molar-refractivity contribution in [3.05, 3.63) is 12.1 Å². The molecule has 1 heterocycles. The smallest absolute Gasteiger partial charge is 0.393 e. The van der Waals surface area contributed by atoms with Crippen molar-refractivity contribution in [3.63, 3.8) is 0 Å². The van der Waals surface area contributed by atoms with Gasteiger partial charge in [-0.2, -0.15) is 8.78 Å². The number of phenols is 1. The highest BCUT2D eigenvalue weighted by atomic mass is 32.2. The number of hydrogen-bond donors (Lipinski definition) is 1. The predicted molar refractivity (Wildman–Crippen MR) is 57.0 cm³/mol. The number of halogens is 2. The fourth-order valence-electron chi connectivity index (χ4n) is 1.29. The number of carbonyl (C=O) groups excluding carboxylic acids is 1. The van der Waals surface area contributed by atoms with Gasteiger partial charge in [0.15, 0.2) is 11.5 Å². The molecule has 0 bridgehead atoms. The van der Waals surface area contributed by atoms with E-state index in [9.17, 15) is 18.7 Å². The number of esters is 1. The molecule has 0 amide bonds. The van der Waals surface area contributed by atoms with Crippen molar-refractivity contribution in [2.45, 2.75) is 10.2 Å². The third-order valence-corrected chi connectivity index (χ3v) is 3.09. The van der Waals surface area contributed by atoms with Crippen LogP contribution in [0.2, 0.25) is 0 Å². The lowest BCUT2D eigenvalue weighted by molar-refractivity contribution is -0.156. The molecule has 1 aromatic carbocycles. The molecule has 0 atom stereocenters. The van der Waals surface area contributed by atoms with Crippen LogP contribution in [0.5, 0.6) is 17.2 Å². The second-order valence-electron chi connectivity index (χ2n) is 3.28. The van der Waals surface area contributed by atoms with Crippen molar-refractivity contribution in [1.82, 2.24) is 0 Å². The molecule has 0 aliphatic carbocycles. The zero-order chi connectivity index (χ0) is 13.3. The van der Waals surface area contributed by atoms with E-state index in [0.29, 0.717) is 0 Å². The third kappa shape index (κ3) is 2.28. The van der Waals surface area contributed by atoms with Gasteiger partial charge in [0.05, 0.1) is 12.0 Å². The van der Waals surface area contributed by atoms with Crippen LogP contribution in [0.25, 0.3) is 0 Å². The molecule has 8 heteroatoms. The van der Waals surface area contributed by atoms with Gasteiger partial charge in [0.2, 0.25) is 6.79 Å². The van der Waals surface area contributed by atoms with Crippen LogP contribution in [0, 0.1) is 0 Å². The molecule has 0 fully saturated rings. The number of benzene rings is 1. The molecule has 0 saturated heterocycles. The Morgan fingerprint density at radius 1 is 1.44 bits per heavy atom. The highest BCUT2D eigenvalue weighted by Crippen LogP contribution is 2.46. The first-order valence-corrected chi connectivity index (χ1v) is 5.53. The van der Waals surface area contributed by atoms with Gasteiger partial charge in [0.1, 0.15) is 5.75 Å². The first-order valence-electron chi connectivity index (χ1n) is 4.72. The maximum absolute atomic E-state index is 13.3. The molecule has 1 aliphatic rings. The Morgan fingerprint density at radius 3 is 2.67 bits per heavy atom. The van der Waals surface area contributed by atoms with Crippen LogP contribution in [-0.4, -0.2) is 30.2 Å². The van der Waals surface area contributed by atoms with Gasteiger partial charge in [0, 0.05) is 12.1 Å². The lowest BCUT2D eigenvalue weighted by atomic mass is 10.3. The number of hydrogen-bond acceptors (Lipinski definition) is 6. The fraction of sp³-hybridized carbons (Fsp3) is 0.300. The van der Waals surface area contributed by atoms with E-state index in [1.165, 1.54) is 6.07 Å². The van der Waals surface area contributed by atoms with Crippen molar-refractivity contribution >= 4 is 17.7 Å². The van der Waals surface area contributed by atoms with Crippen LogP contribution in [0.15, 0.2) is 17.0 Å². The monoisotopic (exact) mass is 278 g/mol. The average Bonchev–Trinajstić information content (AvgIpc) is 2.75. The van der Waals surface area contributed by atoms with Crippen LogP contribution in [0.3, 0.4) is 0 Å². The normalized spacial score (nSPS) is 13.5. The van der Waals surface area contributed by atoms with E-state index in [4.69, 9.17) is 9.47 Å². The molecule has 5 nitrogen and oxygen atoms in total. The van der Waals surface area contributed by atoms with Gasteiger partial charge in [-0.05, 0) is 11.8 Å². The lowest BCUT2D eigenvalue weighted by Gasteiger charge is -2.13. The molecular formula is C10H8F2O5S. The Balaban J connectivity index is 2.27. The molecule has 18 heavy (non-hydrogen) atoms. The Bertz CT molecular complexity index is 491. The van der Waals surface area contributed by atoms with Gasteiger partial charge in [0.25, 0.3) is 0 Å². The second kappa shape index (κ2) is 4.52. The Hall–Kier alpha value is -1.70. The molecule has 2 rings (SSSR count). The molecule has 0 saturated carbocycles. The van der Waals surface area contributed by atoms with E-state index in [-0.39, 0.29) is 34.9 Å². The van der Waals surface area contributed by atoms with Crippen molar-refractivity contribution in [1.29, 1.82) is 0 Å². The summed E-state index contributed by atoms with van der Waals surface area (Å²) < 4.78 is 40.6. The molecule has 1 aromatic rings. The van der Waals surface area contributed by atoms with Crippen molar-refractivity contribution in [3.8, 4) is 17.2 Å². The minimum atomic E-state index is -3.79. The number of carbonyl (C=O) groups is 1. The van der Waals surface area contributed by atoms with Crippen molar-refractivity contribution < 1.29 is 32.9 Å². The maximum atomic E-state index is 13.3. The van der Waals surface area contributed by atoms with E-state index in [2.05, 4.69) is 4.74 Å². The highest BCUT2D eigenvalue weighted by molar-refractivity contribution is 8.01. The molecule has 98 valence electrons. The van der Waals surface area contributed by atoms with Crippen molar-refractivity contribution in [2.75, 3.05) is 13.9 Å². The molecule has 1 aliphatic heterocycles. The Morgan fingerprint density at radius 2 is 2.06 bits per heavy atom. The summed E-state index contributed by atoms with van der Waals surface area (Å²) in [7, 11) is 0.857. The van der Waals surface area contributed by atoms with E-state index < -0.39 is 17.0 Å². The molecule has 0 radical (unpaired) electrons. The number of fused-ring (bicyclic) bond motifs is 1. The Kier molecular flexibility index (Phi) is 3.20. The largest absolute Gasteiger partial charge is 0.507 e. The summed E-state index contributed by atoms with van der Waals surface area (Å²) in [5.74, 6) is -1.62. The number of phenolic OH excluding ortho intramolecular Hbond substituents is 1. The first kappa shape index (κ1) is 12.7. The summed E-state index contributed by atoms with van der Waals surface area (Å²) >= 11 is -0.122. The number of alkyl halides is 2. The van der Waals surface area contributed by atoms with Gasteiger partial charge in [-0.3, -0.25) is 0 Å². The van der Waals surface area contributed by atoms with Gasteiger partial charge in [-0.15, -0.1) is 0 Å². The van der Waals surface area contributed by atoms with Gasteiger partial charge in [-0.25, -0.2) is 4.79 Å². The summed E-state index contributed by atoms with van der Waals surface area (Å²) in [5.41, 5.74) is 0. The summed E-state index contributed by atoms with van der Waals surface area (Å²) in [6.45, 7) is -0.0453. The van der Waals surface area contributed by atoms with E-state index >= 15 is 0 Å². The summed E-state index contributed by atoms with van der Waals surface area (Å²) in [5, 5.41) is 5.76. The van der Waals surface area contributed by atoms with Crippen molar-refractivity contribution in [2.24, 2.45) is 0 Å². The van der Waals surface area contributed by atoms with Crippen LogP contribution < -0.4 is 9.47 Å². The van der Waals surface area contributed by atoms with Gasteiger partial charge >= 0.3 is 11.2 Å². The summed E-state index contributed by atoms with van der Waals surface area (Å²) in [4.78, 5) is 10.7. The predicted octanol–water partition coefficient (Wildman–Crippen LogP) is 1.98. The quantitative estimate of drug-likeness (QED) is 0.673. The minimum absolute atomic E-state index is 0.0453.